The summed E-state index contributed by atoms with van der Waals surface area (Å²) in [4.78, 5) is 13.8. The smallest absolute Gasteiger partial charge is 0.253 e. The summed E-state index contributed by atoms with van der Waals surface area (Å²) in [6.45, 7) is 6.94. The zero-order valence-electron chi connectivity index (χ0n) is 10.7. The number of hydrogen-bond acceptors (Lipinski definition) is 2. The van der Waals surface area contributed by atoms with Crippen LogP contribution in [0.5, 0.6) is 0 Å². The number of nitrogens with zero attached hydrogens (tertiary/aromatic N) is 1. The predicted molar refractivity (Wildman–Crippen MR) is 72.3 cm³/mol. The Morgan fingerprint density at radius 1 is 1.35 bits per heavy atom. The van der Waals surface area contributed by atoms with Crippen molar-refractivity contribution in [3.05, 3.63) is 28.8 Å². The largest absolute Gasteiger partial charge is 0.399 e. The quantitative estimate of drug-likeness (QED) is 0.825. The molecule has 0 fully saturated rings. The Bertz CT molecular complexity index is 404. The van der Waals surface area contributed by atoms with Gasteiger partial charge in [-0.15, -0.1) is 0 Å². The molecule has 1 aromatic carbocycles. The monoisotopic (exact) mass is 254 g/mol. The first kappa shape index (κ1) is 13.8. The molecular formula is C13H19ClN2O. The molecule has 0 unspecified atom stereocenters. The Balaban J connectivity index is 2.89. The van der Waals surface area contributed by atoms with Crippen LogP contribution in [0.1, 0.15) is 31.1 Å². The maximum atomic E-state index is 12.1. The van der Waals surface area contributed by atoms with Crippen LogP contribution in [0.4, 0.5) is 5.69 Å². The van der Waals surface area contributed by atoms with Gasteiger partial charge in [-0.05, 0) is 23.6 Å². The first-order valence-electron chi connectivity index (χ1n) is 5.50. The molecule has 94 valence electrons. The normalized spacial score (nSPS) is 11.4. The number of anilines is 1. The van der Waals surface area contributed by atoms with Crippen molar-refractivity contribution in [2.45, 2.75) is 20.8 Å². The number of amides is 1. The number of nitrogen functional groups attached to an aromatic ring is 1. The molecule has 0 aromatic heterocycles. The second kappa shape index (κ2) is 4.96. The lowest BCUT2D eigenvalue weighted by Gasteiger charge is -2.26. The van der Waals surface area contributed by atoms with E-state index in [9.17, 15) is 4.79 Å². The molecule has 1 rings (SSSR count). The Morgan fingerprint density at radius 3 is 2.41 bits per heavy atom. The third-order valence-corrected chi connectivity index (χ3v) is 2.44. The molecule has 0 heterocycles. The predicted octanol–water partition coefficient (Wildman–Crippen LogP) is 3.04. The number of nitrogens with two attached hydrogens (primary N) is 1. The van der Waals surface area contributed by atoms with Gasteiger partial charge in [-0.3, -0.25) is 4.79 Å². The van der Waals surface area contributed by atoms with Crippen molar-refractivity contribution in [1.82, 2.24) is 4.90 Å². The number of carbonyl (C=O) groups excluding carboxylic acids is 1. The maximum Gasteiger partial charge on any atom is 0.253 e. The Labute approximate surface area is 108 Å². The minimum Gasteiger partial charge on any atom is -0.399 e. The first-order valence-corrected chi connectivity index (χ1v) is 5.88. The molecule has 1 aromatic rings. The minimum absolute atomic E-state index is 0.0610. The summed E-state index contributed by atoms with van der Waals surface area (Å²) in [6.07, 6.45) is 0. The average molecular weight is 255 g/mol. The van der Waals surface area contributed by atoms with Crippen LogP contribution < -0.4 is 5.73 Å². The third-order valence-electron chi connectivity index (χ3n) is 2.23. The SMILES string of the molecule is CN(CC(C)(C)C)C(=O)c1cc(N)cc(Cl)c1. The van der Waals surface area contributed by atoms with Crippen molar-refractivity contribution in [3.8, 4) is 0 Å². The van der Waals surface area contributed by atoms with Crippen molar-refractivity contribution in [2.75, 3.05) is 19.3 Å². The molecule has 4 heteroatoms. The van der Waals surface area contributed by atoms with E-state index in [1.165, 1.54) is 0 Å². The molecule has 0 aliphatic rings. The van der Waals surface area contributed by atoms with Gasteiger partial charge >= 0.3 is 0 Å². The average Bonchev–Trinajstić information content (AvgIpc) is 2.12. The van der Waals surface area contributed by atoms with Gasteiger partial charge in [0.25, 0.3) is 5.91 Å². The third kappa shape index (κ3) is 4.27. The fourth-order valence-electron chi connectivity index (χ4n) is 1.74. The fraction of sp³-hybridized carbons (Fsp3) is 0.462. The van der Waals surface area contributed by atoms with Gasteiger partial charge in [0.1, 0.15) is 0 Å². The first-order chi connectivity index (χ1) is 7.69. The number of halogens is 1. The number of benzene rings is 1. The lowest BCUT2D eigenvalue weighted by Crippen LogP contribution is -2.34. The lowest BCUT2D eigenvalue weighted by atomic mass is 9.96. The molecule has 0 aliphatic carbocycles. The highest BCUT2D eigenvalue weighted by atomic mass is 35.5. The van der Waals surface area contributed by atoms with Crippen molar-refractivity contribution in [1.29, 1.82) is 0 Å². The highest BCUT2D eigenvalue weighted by Gasteiger charge is 2.19. The molecule has 0 bridgehead atoms. The molecule has 3 nitrogen and oxygen atoms in total. The van der Waals surface area contributed by atoms with Gasteiger partial charge in [0.15, 0.2) is 0 Å². The number of carbonyl (C=O) groups is 1. The zero-order chi connectivity index (χ0) is 13.2. The summed E-state index contributed by atoms with van der Waals surface area (Å²) >= 11 is 5.88. The van der Waals surface area contributed by atoms with Gasteiger partial charge in [0.2, 0.25) is 0 Å². The molecule has 0 aliphatic heterocycles. The fourth-order valence-corrected chi connectivity index (χ4v) is 1.98. The lowest BCUT2D eigenvalue weighted by molar-refractivity contribution is 0.0745. The minimum atomic E-state index is -0.0610. The highest BCUT2D eigenvalue weighted by Crippen LogP contribution is 2.20. The van der Waals surface area contributed by atoms with E-state index in [0.717, 1.165) is 0 Å². The Hall–Kier alpha value is -1.22. The van der Waals surface area contributed by atoms with Gasteiger partial charge in [0, 0.05) is 29.9 Å². The topological polar surface area (TPSA) is 46.3 Å². The van der Waals surface area contributed by atoms with Crippen LogP contribution in [0.25, 0.3) is 0 Å². The van der Waals surface area contributed by atoms with E-state index in [1.54, 1.807) is 30.1 Å². The number of hydrogen-bond donors (Lipinski definition) is 1. The maximum absolute atomic E-state index is 12.1. The van der Waals surface area contributed by atoms with Gasteiger partial charge < -0.3 is 10.6 Å². The van der Waals surface area contributed by atoms with Crippen LogP contribution in [0.2, 0.25) is 5.02 Å². The van der Waals surface area contributed by atoms with Crippen LogP contribution in [-0.2, 0) is 0 Å². The van der Waals surface area contributed by atoms with E-state index >= 15 is 0 Å². The van der Waals surface area contributed by atoms with E-state index in [-0.39, 0.29) is 11.3 Å². The Morgan fingerprint density at radius 2 is 1.94 bits per heavy atom. The molecule has 0 saturated carbocycles. The molecular weight excluding hydrogens is 236 g/mol. The van der Waals surface area contributed by atoms with Crippen molar-refractivity contribution < 1.29 is 4.79 Å². The van der Waals surface area contributed by atoms with Crippen molar-refractivity contribution in [3.63, 3.8) is 0 Å². The van der Waals surface area contributed by atoms with Crippen LogP contribution in [0.3, 0.4) is 0 Å². The molecule has 0 saturated heterocycles. The van der Waals surface area contributed by atoms with E-state index < -0.39 is 0 Å². The summed E-state index contributed by atoms with van der Waals surface area (Å²) in [6, 6.07) is 4.91. The molecule has 0 atom stereocenters. The molecule has 0 spiro atoms. The zero-order valence-corrected chi connectivity index (χ0v) is 11.5. The molecule has 17 heavy (non-hydrogen) atoms. The second-order valence-electron chi connectivity index (χ2n) is 5.50. The van der Waals surface area contributed by atoms with Crippen molar-refractivity contribution >= 4 is 23.2 Å². The van der Waals surface area contributed by atoms with E-state index in [1.807, 2.05) is 0 Å². The summed E-state index contributed by atoms with van der Waals surface area (Å²) in [5.41, 5.74) is 6.77. The van der Waals surface area contributed by atoms with Gasteiger partial charge in [0.05, 0.1) is 0 Å². The van der Waals surface area contributed by atoms with Crippen LogP contribution >= 0.6 is 11.6 Å². The van der Waals surface area contributed by atoms with Crippen LogP contribution in [0.15, 0.2) is 18.2 Å². The molecule has 0 radical (unpaired) electrons. The summed E-state index contributed by atoms with van der Waals surface area (Å²) in [5, 5.41) is 0.484. The summed E-state index contributed by atoms with van der Waals surface area (Å²) in [7, 11) is 1.78. The van der Waals surface area contributed by atoms with E-state index in [4.69, 9.17) is 17.3 Å². The second-order valence-corrected chi connectivity index (χ2v) is 5.93. The summed E-state index contributed by atoms with van der Waals surface area (Å²) < 4.78 is 0. The van der Waals surface area contributed by atoms with Gasteiger partial charge in [-0.2, -0.15) is 0 Å². The van der Waals surface area contributed by atoms with E-state index in [2.05, 4.69) is 20.8 Å². The Kier molecular flexibility index (Phi) is 4.04. The van der Waals surface area contributed by atoms with Crippen molar-refractivity contribution in [2.24, 2.45) is 5.41 Å². The highest BCUT2D eigenvalue weighted by molar-refractivity contribution is 6.31. The van der Waals surface area contributed by atoms with Crippen LogP contribution in [-0.4, -0.2) is 24.4 Å². The summed E-state index contributed by atoms with van der Waals surface area (Å²) in [5.74, 6) is -0.0610. The standard InChI is InChI=1S/C13H19ClN2O/c1-13(2,3)8-16(4)12(17)9-5-10(14)7-11(15)6-9/h5-7H,8,15H2,1-4H3. The van der Waals surface area contributed by atoms with Gasteiger partial charge in [-0.25, -0.2) is 0 Å². The van der Waals surface area contributed by atoms with E-state index in [0.29, 0.717) is 22.8 Å². The number of rotatable bonds is 2. The molecule has 1 amide bonds. The van der Waals surface area contributed by atoms with Gasteiger partial charge in [-0.1, -0.05) is 32.4 Å². The molecule has 2 N–H and O–H groups in total. The van der Waals surface area contributed by atoms with Crippen LogP contribution in [0, 0.1) is 5.41 Å².